The van der Waals surface area contributed by atoms with Gasteiger partial charge in [0.15, 0.2) is 0 Å². The minimum absolute atomic E-state index is 0.219. The Hall–Kier alpha value is -0.340. The van der Waals surface area contributed by atoms with Crippen LogP contribution in [0, 0.1) is 0 Å². The second-order valence-electron chi connectivity index (χ2n) is 1.55. The number of aliphatic hydroxyl groups is 1. The van der Waals surface area contributed by atoms with Gasteiger partial charge in [-0.25, -0.2) is 0 Å². The number of hydrogen-bond donors (Lipinski definition) is 2. The third kappa shape index (κ3) is 5.66. The van der Waals surface area contributed by atoms with E-state index in [1.165, 1.54) is 0 Å². The van der Waals surface area contributed by atoms with E-state index in [0.29, 0.717) is 6.54 Å². The second kappa shape index (κ2) is 6.66. The Morgan fingerprint density at radius 1 is 1.50 bits per heavy atom. The van der Waals surface area contributed by atoms with Crippen LogP contribution in [0.15, 0.2) is 12.7 Å². The number of nitrogens with one attached hydrogen (secondary N) is 1. The maximum Gasteiger partial charge on any atom is 0.0555 e. The molecule has 8 heavy (non-hydrogen) atoms. The highest BCUT2D eigenvalue weighted by molar-refractivity contribution is 4.66. The van der Waals surface area contributed by atoms with E-state index in [1.54, 1.807) is 0 Å². The Morgan fingerprint density at radius 3 is 2.75 bits per heavy atom. The van der Waals surface area contributed by atoms with Crippen molar-refractivity contribution in [2.75, 3.05) is 19.7 Å². The first-order chi connectivity index (χ1) is 3.91. The van der Waals surface area contributed by atoms with Gasteiger partial charge in [-0.1, -0.05) is 6.08 Å². The van der Waals surface area contributed by atoms with Crippen LogP contribution in [0.5, 0.6) is 0 Å². The fourth-order valence-corrected chi connectivity index (χ4v) is 0.408. The third-order valence-corrected chi connectivity index (χ3v) is 0.814. The van der Waals surface area contributed by atoms with E-state index in [0.717, 1.165) is 13.0 Å². The molecular formula is C6H13NO. The standard InChI is InChI=1S/C6H13NO/c1-2-3-4-7-5-6-8/h2,7-8H,1,3-6H2. The van der Waals surface area contributed by atoms with Crippen LogP contribution in [0.1, 0.15) is 6.42 Å². The maximum absolute atomic E-state index is 8.28. The van der Waals surface area contributed by atoms with Gasteiger partial charge < -0.3 is 10.4 Å². The summed E-state index contributed by atoms with van der Waals surface area (Å²) in [6.45, 7) is 5.38. The summed E-state index contributed by atoms with van der Waals surface area (Å²) in [4.78, 5) is 0. The lowest BCUT2D eigenvalue weighted by atomic mass is 10.4. The van der Waals surface area contributed by atoms with Crippen LogP contribution in [0.2, 0.25) is 0 Å². The predicted octanol–water partition coefficient (Wildman–Crippen LogP) is 0.144. The molecule has 0 bridgehead atoms. The fraction of sp³-hybridized carbons (Fsp3) is 0.667. The highest BCUT2D eigenvalue weighted by Crippen LogP contribution is 1.72. The fourth-order valence-electron chi connectivity index (χ4n) is 0.408. The molecule has 0 aromatic carbocycles. The molecule has 0 unspecified atom stereocenters. The van der Waals surface area contributed by atoms with Crippen LogP contribution in [-0.4, -0.2) is 24.8 Å². The number of rotatable bonds is 5. The quantitative estimate of drug-likeness (QED) is 0.394. The molecule has 0 fully saturated rings. The summed E-state index contributed by atoms with van der Waals surface area (Å²) in [6.07, 6.45) is 2.82. The maximum atomic E-state index is 8.28. The van der Waals surface area contributed by atoms with Crippen molar-refractivity contribution in [1.82, 2.24) is 5.32 Å². The Labute approximate surface area is 50.2 Å². The molecule has 0 amide bonds. The summed E-state index contributed by atoms with van der Waals surface area (Å²) < 4.78 is 0. The topological polar surface area (TPSA) is 32.3 Å². The summed E-state index contributed by atoms with van der Waals surface area (Å²) in [6, 6.07) is 0. The molecule has 0 radical (unpaired) electrons. The second-order valence-corrected chi connectivity index (χ2v) is 1.55. The number of aliphatic hydroxyl groups excluding tert-OH is 1. The lowest BCUT2D eigenvalue weighted by molar-refractivity contribution is 0.293. The summed E-state index contributed by atoms with van der Waals surface area (Å²) in [5, 5.41) is 11.3. The molecule has 0 aliphatic heterocycles. The van der Waals surface area contributed by atoms with E-state index in [-0.39, 0.29) is 6.61 Å². The Bertz CT molecular complexity index is 54.5. The monoisotopic (exact) mass is 115 g/mol. The van der Waals surface area contributed by atoms with Gasteiger partial charge in [0.2, 0.25) is 0 Å². The number of hydrogen-bond acceptors (Lipinski definition) is 2. The molecular weight excluding hydrogens is 102 g/mol. The average molecular weight is 115 g/mol. The zero-order valence-corrected chi connectivity index (χ0v) is 5.06. The van der Waals surface area contributed by atoms with E-state index in [9.17, 15) is 0 Å². The molecule has 48 valence electrons. The molecule has 2 heteroatoms. The van der Waals surface area contributed by atoms with Gasteiger partial charge in [0.05, 0.1) is 6.61 Å². The largest absolute Gasteiger partial charge is 0.395 e. The Kier molecular flexibility index (Phi) is 6.38. The third-order valence-electron chi connectivity index (χ3n) is 0.814. The minimum atomic E-state index is 0.219. The summed E-state index contributed by atoms with van der Waals surface area (Å²) in [5.74, 6) is 0. The van der Waals surface area contributed by atoms with E-state index < -0.39 is 0 Å². The highest BCUT2D eigenvalue weighted by atomic mass is 16.3. The van der Waals surface area contributed by atoms with Gasteiger partial charge in [-0.15, -0.1) is 6.58 Å². The molecule has 0 aromatic rings. The van der Waals surface area contributed by atoms with Crippen molar-refractivity contribution in [3.63, 3.8) is 0 Å². The van der Waals surface area contributed by atoms with Crippen molar-refractivity contribution in [2.45, 2.75) is 6.42 Å². The normalized spacial score (nSPS) is 9.12. The first-order valence-corrected chi connectivity index (χ1v) is 2.84. The van der Waals surface area contributed by atoms with Crippen molar-refractivity contribution in [3.8, 4) is 0 Å². The lowest BCUT2D eigenvalue weighted by Crippen LogP contribution is -2.18. The van der Waals surface area contributed by atoms with E-state index in [2.05, 4.69) is 11.9 Å². The van der Waals surface area contributed by atoms with E-state index in [1.807, 2.05) is 6.08 Å². The van der Waals surface area contributed by atoms with Gasteiger partial charge in [-0.2, -0.15) is 0 Å². The molecule has 2 nitrogen and oxygen atoms in total. The average Bonchev–Trinajstić information content (AvgIpc) is 1.81. The summed E-state index contributed by atoms with van der Waals surface area (Å²) >= 11 is 0. The molecule has 0 heterocycles. The van der Waals surface area contributed by atoms with E-state index in [4.69, 9.17) is 5.11 Å². The van der Waals surface area contributed by atoms with E-state index >= 15 is 0 Å². The van der Waals surface area contributed by atoms with Crippen LogP contribution in [-0.2, 0) is 0 Å². The van der Waals surface area contributed by atoms with Crippen molar-refractivity contribution in [2.24, 2.45) is 0 Å². The molecule has 0 atom stereocenters. The van der Waals surface area contributed by atoms with Gasteiger partial charge >= 0.3 is 0 Å². The van der Waals surface area contributed by atoms with Crippen LogP contribution in [0.4, 0.5) is 0 Å². The molecule has 0 saturated heterocycles. The van der Waals surface area contributed by atoms with Gasteiger partial charge in [-0.3, -0.25) is 0 Å². The minimum Gasteiger partial charge on any atom is -0.395 e. The zero-order valence-electron chi connectivity index (χ0n) is 5.06. The first kappa shape index (κ1) is 7.66. The van der Waals surface area contributed by atoms with Crippen LogP contribution < -0.4 is 5.32 Å². The molecule has 0 aromatic heterocycles. The Balaban J connectivity index is 2.62. The smallest absolute Gasteiger partial charge is 0.0555 e. The SMILES string of the molecule is C=CCCNCCO. The van der Waals surface area contributed by atoms with Crippen LogP contribution >= 0.6 is 0 Å². The predicted molar refractivity (Wildman–Crippen MR) is 34.8 cm³/mol. The highest BCUT2D eigenvalue weighted by Gasteiger charge is 1.79. The molecule has 0 aliphatic rings. The van der Waals surface area contributed by atoms with Crippen LogP contribution in [0.25, 0.3) is 0 Å². The van der Waals surface area contributed by atoms with Gasteiger partial charge in [0.1, 0.15) is 0 Å². The van der Waals surface area contributed by atoms with Gasteiger partial charge in [-0.05, 0) is 13.0 Å². The van der Waals surface area contributed by atoms with Gasteiger partial charge in [0.25, 0.3) is 0 Å². The van der Waals surface area contributed by atoms with Crippen molar-refractivity contribution < 1.29 is 5.11 Å². The summed E-state index contributed by atoms with van der Waals surface area (Å²) in [5.41, 5.74) is 0. The zero-order chi connectivity index (χ0) is 6.24. The van der Waals surface area contributed by atoms with Crippen LogP contribution in [0.3, 0.4) is 0 Å². The molecule has 0 rings (SSSR count). The van der Waals surface area contributed by atoms with Crippen molar-refractivity contribution >= 4 is 0 Å². The first-order valence-electron chi connectivity index (χ1n) is 2.84. The molecule has 0 aliphatic carbocycles. The van der Waals surface area contributed by atoms with Crippen molar-refractivity contribution in [3.05, 3.63) is 12.7 Å². The van der Waals surface area contributed by atoms with Crippen molar-refractivity contribution in [1.29, 1.82) is 0 Å². The lowest BCUT2D eigenvalue weighted by Gasteiger charge is -1.96. The Morgan fingerprint density at radius 2 is 2.25 bits per heavy atom. The molecule has 2 N–H and O–H groups in total. The summed E-state index contributed by atoms with van der Waals surface area (Å²) in [7, 11) is 0. The molecule has 0 spiro atoms. The van der Waals surface area contributed by atoms with Gasteiger partial charge in [0, 0.05) is 6.54 Å². The molecule has 0 saturated carbocycles.